The van der Waals surface area contributed by atoms with E-state index in [4.69, 9.17) is 0 Å². The molecule has 0 saturated carbocycles. The van der Waals surface area contributed by atoms with Crippen LogP contribution in [0.4, 0.5) is 0 Å². The zero-order valence-electron chi connectivity index (χ0n) is 10.8. The van der Waals surface area contributed by atoms with Crippen LogP contribution in [0.25, 0.3) is 0 Å². The summed E-state index contributed by atoms with van der Waals surface area (Å²) in [5.41, 5.74) is 0. The summed E-state index contributed by atoms with van der Waals surface area (Å²) in [6.45, 7) is 6.37. The average molecular weight is 254 g/mol. The first-order valence-corrected chi connectivity index (χ1v) is 7.74. The SMILES string of the molecule is CCn1ncnc1CN1CCCC[C@@H](SC)C1. The van der Waals surface area contributed by atoms with Crippen LogP contribution < -0.4 is 0 Å². The predicted octanol–water partition coefficient (Wildman–Crippen LogP) is 2.02. The Kier molecular flexibility index (Phi) is 4.86. The molecule has 0 amide bonds. The van der Waals surface area contributed by atoms with Crippen molar-refractivity contribution in [3.63, 3.8) is 0 Å². The molecule has 0 unspecified atom stereocenters. The number of hydrogen-bond acceptors (Lipinski definition) is 4. The Balaban J connectivity index is 1.97. The summed E-state index contributed by atoms with van der Waals surface area (Å²) in [5.74, 6) is 1.11. The summed E-state index contributed by atoms with van der Waals surface area (Å²) >= 11 is 2.00. The molecule has 17 heavy (non-hydrogen) atoms. The highest BCUT2D eigenvalue weighted by molar-refractivity contribution is 7.99. The van der Waals surface area contributed by atoms with Crippen LogP contribution in [0.5, 0.6) is 0 Å². The maximum atomic E-state index is 4.37. The Morgan fingerprint density at radius 3 is 3.12 bits per heavy atom. The Bertz CT molecular complexity index is 339. The summed E-state index contributed by atoms with van der Waals surface area (Å²) in [4.78, 5) is 6.90. The highest BCUT2D eigenvalue weighted by Crippen LogP contribution is 2.20. The van der Waals surface area contributed by atoms with Crippen LogP contribution >= 0.6 is 11.8 Å². The van der Waals surface area contributed by atoms with E-state index in [2.05, 4.69) is 28.2 Å². The van der Waals surface area contributed by atoms with Crippen molar-refractivity contribution in [2.75, 3.05) is 19.3 Å². The van der Waals surface area contributed by atoms with Crippen molar-refractivity contribution >= 4 is 11.8 Å². The molecule has 2 rings (SSSR count). The smallest absolute Gasteiger partial charge is 0.140 e. The van der Waals surface area contributed by atoms with E-state index < -0.39 is 0 Å². The fourth-order valence-electron chi connectivity index (χ4n) is 2.39. The van der Waals surface area contributed by atoms with E-state index in [0.29, 0.717) is 0 Å². The maximum Gasteiger partial charge on any atom is 0.140 e. The lowest BCUT2D eigenvalue weighted by atomic mass is 10.2. The van der Waals surface area contributed by atoms with Crippen molar-refractivity contribution in [3.8, 4) is 0 Å². The normalized spacial score (nSPS) is 22.6. The molecule has 1 saturated heterocycles. The molecular formula is C12H22N4S. The predicted molar refractivity (Wildman–Crippen MR) is 72.1 cm³/mol. The van der Waals surface area contributed by atoms with Gasteiger partial charge in [0, 0.05) is 18.3 Å². The first kappa shape index (κ1) is 12.9. The van der Waals surface area contributed by atoms with Gasteiger partial charge in [0.1, 0.15) is 12.2 Å². The van der Waals surface area contributed by atoms with Crippen LogP contribution in [0.3, 0.4) is 0 Å². The maximum absolute atomic E-state index is 4.37. The van der Waals surface area contributed by atoms with E-state index in [0.717, 1.165) is 24.2 Å². The first-order valence-electron chi connectivity index (χ1n) is 6.45. The molecule has 0 radical (unpaired) electrons. The third kappa shape index (κ3) is 3.45. The number of likely N-dealkylation sites (tertiary alicyclic amines) is 1. The van der Waals surface area contributed by atoms with Gasteiger partial charge >= 0.3 is 0 Å². The van der Waals surface area contributed by atoms with E-state index in [1.165, 1.54) is 32.4 Å². The molecule has 2 heterocycles. The van der Waals surface area contributed by atoms with Crippen LogP contribution in [-0.2, 0) is 13.1 Å². The molecule has 1 fully saturated rings. The van der Waals surface area contributed by atoms with Crippen molar-refractivity contribution in [1.29, 1.82) is 0 Å². The van der Waals surface area contributed by atoms with Crippen molar-refractivity contribution in [2.45, 2.75) is 44.5 Å². The molecule has 4 nitrogen and oxygen atoms in total. The minimum absolute atomic E-state index is 0.787. The van der Waals surface area contributed by atoms with Gasteiger partial charge in [-0.15, -0.1) is 0 Å². The van der Waals surface area contributed by atoms with E-state index in [-0.39, 0.29) is 0 Å². The van der Waals surface area contributed by atoms with Crippen molar-refractivity contribution in [3.05, 3.63) is 12.2 Å². The summed E-state index contributed by atoms with van der Waals surface area (Å²) in [6, 6.07) is 0. The number of thioether (sulfide) groups is 1. The molecule has 0 N–H and O–H groups in total. The van der Waals surface area contributed by atoms with E-state index in [1.54, 1.807) is 6.33 Å². The van der Waals surface area contributed by atoms with Gasteiger partial charge in [0.25, 0.3) is 0 Å². The second-order valence-electron chi connectivity index (χ2n) is 4.58. The Labute approximate surface area is 108 Å². The number of hydrogen-bond donors (Lipinski definition) is 0. The Morgan fingerprint density at radius 1 is 1.47 bits per heavy atom. The topological polar surface area (TPSA) is 34.0 Å². The van der Waals surface area contributed by atoms with Gasteiger partial charge < -0.3 is 0 Å². The van der Waals surface area contributed by atoms with Gasteiger partial charge in [0.05, 0.1) is 6.54 Å². The van der Waals surface area contributed by atoms with Crippen LogP contribution in [0.2, 0.25) is 0 Å². The number of rotatable bonds is 4. The van der Waals surface area contributed by atoms with Gasteiger partial charge in [0.15, 0.2) is 0 Å². The second kappa shape index (κ2) is 6.40. The Morgan fingerprint density at radius 2 is 2.35 bits per heavy atom. The van der Waals surface area contributed by atoms with Gasteiger partial charge in [-0.3, -0.25) is 4.90 Å². The van der Waals surface area contributed by atoms with Gasteiger partial charge in [-0.1, -0.05) is 6.42 Å². The number of aryl methyl sites for hydroxylation is 1. The summed E-state index contributed by atoms with van der Waals surface area (Å²) in [6.07, 6.45) is 7.93. The molecule has 0 bridgehead atoms. The molecule has 1 aromatic rings. The summed E-state index contributed by atoms with van der Waals surface area (Å²) in [7, 11) is 0. The highest BCUT2D eigenvalue weighted by atomic mass is 32.2. The zero-order chi connectivity index (χ0) is 12.1. The third-order valence-electron chi connectivity index (χ3n) is 3.41. The van der Waals surface area contributed by atoms with Gasteiger partial charge in [-0.2, -0.15) is 16.9 Å². The van der Waals surface area contributed by atoms with Gasteiger partial charge in [-0.25, -0.2) is 9.67 Å². The van der Waals surface area contributed by atoms with Crippen LogP contribution in [0.15, 0.2) is 6.33 Å². The van der Waals surface area contributed by atoms with Gasteiger partial charge in [0.2, 0.25) is 0 Å². The largest absolute Gasteiger partial charge is 0.295 e. The lowest BCUT2D eigenvalue weighted by molar-refractivity contribution is 0.267. The number of nitrogens with zero attached hydrogens (tertiary/aromatic N) is 4. The fourth-order valence-corrected chi connectivity index (χ4v) is 3.15. The lowest BCUT2D eigenvalue weighted by Gasteiger charge is -2.22. The third-order valence-corrected chi connectivity index (χ3v) is 4.46. The van der Waals surface area contributed by atoms with Crippen molar-refractivity contribution < 1.29 is 0 Å². The zero-order valence-corrected chi connectivity index (χ0v) is 11.6. The quantitative estimate of drug-likeness (QED) is 0.823. The fraction of sp³-hybridized carbons (Fsp3) is 0.833. The highest BCUT2D eigenvalue weighted by Gasteiger charge is 2.18. The second-order valence-corrected chi connectivity index (χ2v) is 5.72. The molecule has 1 atom stereocenters. The molecule has 96 valence electrons. The molecule has 1 aliphatic rings. The first-order chi connectivity index (χ1) is 8.33. The molecule has 0 spiro atoms. The van der Waals surface area contributed by atoms with Crippen LogP contribution in [0, 0.1) is 0 Å². The van der Waals surface area contributed by atoms with Crippen LogP contribution in [0.1, 0.15) is 32.0 Å². The summed E-state index contributed by atoms with van der Waals surface area (Å²) in [5, 5.41) is 5.02. The minimum atomic E-state index is 0.787. The molecular weight excluding hydrogens is 232 g/mol. The summed E-state index contributed by atoms with van der Waals surface area (Å²) < 4.78 is 2.00. The van der Waals surface area contributed by atoms with E-state index in [1.807, 2.05) is 16.4 Å². The lowest BCUT2D eigenvalue weighted by Crippen LogP contribution is -2.30. The molecule has 0 aliphatic carbocycles. The molecule has 0 aromatic carbocycles. The van der Waals surface area contributed by atoms with E-state index in [9.17, 15) is 0 Å². The van der Waals surface area contributed by atoms with Crippen LogP contribution in [-0.4, -0.2) is 44.3 Å². The monoisotopic (exact) mass is 254 g/mol. The molecule has 5 heteroatoms. The molecule has 1 aliphatic heterocycles. The minimum Gasteiger partial charge on any atom is -0.295 e. The molecule has 1 aromatic heterocycles. The standard InChI is InChI=1S/C12H22N4S/c1-3-16-12(13-10-14-16)9-15-7-5-4-6-11(8-15)17-2/h10-11H,3-9H2,1-2H3/t11-/m1/s1. The number of aromatic nitrogens is 3. The van der Waals surface area contributed by atoms with E-state index >= 15 is 0 Å². The van der Waals surface area contributed by atoms with Gasteiger partial charge in [-0.05, 0) is 32.6 Å². The van der Waals surface area contributed by atoms with Crippen molar-refractivity contribution in [2.24, 2.45) is 0 Å². The average Bonchev–Trinajstić information content (AvgIpc) is 2.66. The Hall–Kier alpha value is -0.550. The van der Waals surface area contributed by atoms with Crippen molar-refractivity contribution in [1.82, 2.24) is 19.7 Å².